The second-order valence-electron chi connectivity index (χ2n) is 6.80. The summed E-state index contributed by atoms with van der Waals surface area (Å²) in [4.78, 5) is 12.6. The van der Waals surface area contributed by atoms with Gasteiger partial charge in [-0.1, -0.05) is 23.9 Å². The lowest BCUT2D eigenvalue weighted by atomic mass is 9.95. The van der Waals surface area contributed by atoms with E-state index >= 15 is 0 Å². The largest absolute Gasteiger partial charge is 0.493 e. The lowest BCUT2D eigenvalue weighted by Gasteiger charge is -2.27. The van der Waals surface area contributed by atoms with Gasteiger partial charge in [-0.15, -0.1) is 0 Å². The Morgan fingerprint density at radius 1 is 1.00 bits per heavy atom. The fraction of sp³-hybridized carbons (Fsp3) is 0.227. The quantitative estimate of drug-likeness (QED) is 0.648. The van der Waals surface area contributed by atoms with Crippen LogP contribution in [0, 0.1) is 5.82 Å². The zero-order valence-electron chi connectivity index (χ0n) is 16.6. The summed E-state index contributed by atoms with van der Waals surface area (Å²) in [5, 5.41) is 0.439. The topological polar surface area (TPSA) is 82.6 Å². The minimum Gasteiger partial charge on any atom is -0.493 e. The Balaban J connectivity index is 1.67. The van der Waals surface area contributed by atoms with Crippen LogP contribution in [0.1, 0.15) is 28.8 Å². The van der Waals surface area contributed by atoms with Crippen LogP contribution in [0.5, 0.6) is 11.5 Å². The van der Waals surface area contributed by atoms with E-state index < -0.39 is 6.04 Å². The summed E-state index contributed by atoms with van der Waals surface area (Å²) in [6.07, 6.45) is 5.47. The average Bonchev–Trinajstić information content (AvgIpc) is 2.79. The first-order chi connectivity index (χ1) is 14.6. The molecule has 154 valence electrons. The van der Waals surface area contributed by atoms with E-state index in [1.807, 2.05) is 18.2 Å². The molecule has 2 atom stereocenters. The van der Waals surface area contributed by atoms with Crippen molar-refractivity contribution in [3.63, 3.8) is 0 Å². The molecule has 2 N–H and O–H groups in total. The SMILES string of the molecule is COc1ccc([C@@H]2C[C@@H](c3cc(-c4cncnc4)ccc3F)N=C(N)S2)cc1OC. The fourth-order valence-electron chi connectivity index (χ4n) is 3.51. The highest BCUT2D eigenvalue weighted by Gasteiger charge is 2.28. The van der Waals surface area contributed by atoms with Gasteiger partial charge in [0.15, 0.2) is 16.7 Å². The second kappa shape index (κ2) is 8.71. The zero-order chi connectivity index (χ0) is 21.1. The van der Waals surface area contributed by atoms with Gasteiger partial charge in [-0.05, 0) is 41.8 Å². The van der Waals surface area contributed by atoms with Crippen LogP contribution in [0.15, 0.2) is 60.1 Å². The van der Waals surface area contributed by atoms with Crippen molar-refractivity contribution in [1.29, 1.82) is 0 Å². The molecule has 4 rings (SSSR count). The van der Waals surface area contributed by atoms with Crippen molar-refractivity contribution in [2.75, 3.05) is 14.2 Å². The van der Waals surface area contributed by atoms with E-state index in [4.69, 9.17) is 15.2 Å². The number of nitrogens with zero attached hydrogens (tertiary/aromatic N) is 3. The molecule has 0 unspecified atom stereocenters. The number of methoxy groups -OCH3 is 2. The van der Waals surface area contributed by atoms with E-state index in [0.29, 0.717) is 28.7 Å². The van der Waals surface area contributed by atoms with Gasteiger partial charge in [-0.25, -0.2) is 14.4 Å². The van der Waals surface area contributed by atoms with Crippen molar-refractivity contribution >= 4 is 16.9 Å². The number of ether oxygens (including phenoxy) is 2. The first kappa shape index (κ1) is 20.2. The molecule has 1 aromatic heterocycles. The predicted molar refractivity (Wildman–Crippen MR) is 116 cm³/mol. The fourth-order valence-corrected chi connectivity index (χ4v) is 4.55. The van der Waals surface area contributed by atoms with Crippen LogP contribution in [0.2, 0.25) is 0 Å². The summed E-state index contributed by atoms with van der Waals surface area (Å²) in [5.41, 5.74) is 9.31. The first-order valence-corrected chi connectivity index (χ1v) is 10.2. The Hall–Kier alpha value is -3.13. The lowest BCUT2D eigenvalue weighted by molar-refractivity contribution is 0.354. The normalized spacial score (nSPS) is 18.6. The van der Waals surface area contributed by atoms with Gasteiger partial charge >= 0.3 is 0 Å². The van der Waals surface area contributed by atoms with Crippen LogP contribution in [0.3, 0.4) is 0 Å². The number of hydrogen-bond donors (Lipinski definition) is 1. The molecule has 0 saturated carbocycles. The highest BCUT2D eigenvalue weighted by molar-refractivity contribution is 8.14. The summed E-state index contributed by atoms with van der Waals surface area (Å²) in [6.45, 7) is 0. The van der Waals surface area contributed by atoms with Gasteiger partial charge < -0.3 is 15.2 Å². The molecular weight excluding hydrogens is 403 g/mol. The number of thioether (sulfide) groups is 1. The van der Waals surface area contributed by atoms with Gasteiger partial charge in [0.25, 0.3) is 0 Å². The number of amidine groups is 1. The Morgan fingerprint density at radius 2 is 1.77 bits per heavy atom. The Kier molecular flexibility index (Phi) is 5.85. The molecule has 2 heterocycles. The third-order valence-electron chi connectivity index (χ3n) is 5.01. The average molecular weight is 425 g/mol. The molecule has 0 saturated heterocycles. The van der Waals surface area contributed by atoms with Gasteiger partial charge in [0.05, 0.1) is 20.3 Å². The van der Waals surface area contributed by atoms with Crippen LogP contribution in [-0.4, -0.2) is 29.4 Å². The molecule has 0 radical (unpaired) electrons. The molecule has 0 aliphatic carbocycles. The number of aliphatic imine (C=N–C) groups is 1. The van der Waals surface area contributed by atoms with Gasteiger partial charge in [0.2, 0.25) is 0 Å². The molecule has 0 spiro atoms. The molecular formula is C22H21FN4O2S. The molecule has 2 aromatic carbocycles. The molecule has 1 aliphatic heterocycles. The number of rotatable bonds is 5. The van der Waals surface area contributed by atoms with Crippen molar-refractivity contribution in [3.05, 3.63) is 72.1 Å². The molecule has 8 heteroatoms. The number of halogens is 1. The molecule has 0 bridgehead atoms. The summed E-state index contributed by atoms with van der Waals surface area (Å²) < 4.78 is 25.5. The lowest BCUT2D eigenvalue weighted by Crippen LogP contribution is -2.19. The van der Waals surface area contributed by atoms with Gasteiger partial charge in [0, 0.05) is 28.8 Å². The van der Waals surface area contributed by atoms with Crippen molar-refractivity contribution < 1.29 is 13.9 Å². The maximum absolute atomic E-state index is 14.8. The van der Waals surface area contributed by atoms with Gasteiger partial charge in [0.1, 0.15) is 12.1 Å². The second-order valence-corrected chi connectivity index (χ2v) is 8.03. The number of nitrogens with two attached hydrogens (primary N) is 1. The zero-order valence-corrected chi connectivity index (χ0v) is 17.4. The molecule has 0 fully saturated rings. The van der Waals surface area contributed by atoms with E-state index in [-0.39, 0.29) is 11.1 Å². The smallest absolute Gasteiger partial charge is 0.161 e. The molecule has 6 nitrogen and oxygen atoms in total. The molecule has 0 amide bonds. The van der Waals surface area contributed by atoms with E-state index in [2.05, 4.69) is 15.0 Å². The van der Waals surface area contributed by atoms with Gasteiger partial charge in [-0.2, -0.15) is 0 Å². The Bertz CT molecular complexity index is 1080. The third-order valence-corrected chi connectivity index (χ3v) is 6.11. The number of benzene rings is 2. The summed E-state index contributed by atoms with van der Waals surface area (Å²) in [6, 6.07) is 10.3. The Morgan fingerprint density at radius 3 is 2.50 bits per heavy atom. The maximum atomic E-state index is 14.8. The highest BCUT2D eigenvalue weighted by Crippen LogP contribution is 2.45. The monoisotopic (exact) mass is 424 g/mol. The van der Waals surface area contributed by atoms with Crippen LogP contribution in [-0.2, 0) is 0 Å². The van der Waals surface area contributed by atoms with Crippen LogP contribution in [0.4, 0.5) is 4.39 Å². The van der Waals surface area contributed by atoms with Crippen LogP contribution in [0.25, 0.3) is 11.1 Å². The van der Waals surface area contributed by atoms with Crippen molar-refractivity contribution in [3.8, 4) is 22.6 Å². The Labute approximate surface area is 178 Å². The van der Waals surface area contributed by atoms with E-state index in [1.165, 1.54) is 24.2 Å². The van der Waals surface area contributed by atoms with Crippen molar-refractivity contribution in [2.45, 2.75) is 17.7 Å². The third kappa shape index (κ3) is 4.09. The van der Waals surface area contributed by atoms with E-state index in [1.54, 1.807) is 38.7 Å². The molecule has 3 aromatic rings. The minimum atomic E-state index is -0.395. The highest BCUT2D eigenvalue weighted by atomic mass is 32.2. The van der Waals surface area contributed by atoms with Crippen LogP contribution < -0.4 is 15.2 Å². The van der Waals surface area contributed by atoms with E-state index in [0.717, 1.165) is 16.7 Å². The predicted octanol–water partition coefficient (Wildman–Crippen LogP) is 4.53. The number of aromatic nitrogens is 2. The summed E-state index contributed by atoms with van der Waals surface area (Å²) in [7, 11) is 3.20. The minimum absolute atomic E-state index is 0.00965. The van der Waals surface area contributed by atoms with Crippen LogP contribution >= 0.6 is 11.8 Å². The number of hydrogen-bond acceptors (Lipinski definition) is 7. The summed E-state index contributed by atoms with van der Waals surface area (Å²) in [5.74, 6) is 0.990. The van der Waals surface area contributed by atoms with Crippen molar-refractivity contribution in [2.24, 2.45) is 10.7 Å². The standard InChI is InChI=1S/C22H21FN4O2S/c1-28-19-6-4-14(8-20(19)29-2)21-9-18(27-22(24)30-21)16-7-13(3-5-17(16)23)15-10-25-12-26-11-15/h3-8,10-12,18,21H,9H2,1-2H3,(H2,24,27)/t18-,21-/m0/s1. The summed E-state index contributed by atoms with van der Waals surface area (Å²) >= 11 is 1.47. The molecule has 1 aliphatic rings. The van der Waals surface area contributed by atoms with E-state index in [9.17, 15) is 4.39 Å². The first-order valence-electron chi connectivity index (χ1n) is 9.35. The molecule has 30 heavy (non-hydrogen) atoms. The van der Waals surface area contributed by atoms with Gasteiger partial charge in [-0.3, -0.25) is 4.99 Å². The van der Waals surface area contributed by atoms with Crippen molar-refractivity contribution in [1.82, 2.24) is 9.97 Å². The maximum Gasteiger partial charge on any atom is 0.161 e.